The molecule has 1 heterocycles. The third-order valence-electron chi connectivity index (χ3n) is 6.46. The SMILES string of the molecule is COc1ccc(C2=NN(C(=O)/C=C/c3ccccc3)[C@@H](c3ccccc3)C2)c(OC(=O)/C=C/c2ccccc2)c1. The van der Waals surface area contributed by atoms with Crippen molar-refractivity contribution in [3.8, 4) is 11.5 Å². The first kappa shape index (κ1) is 26.4. The second-order valence-electron chi connectivity index (χ2n) is 9.13. The number of hydrogen-bond donors (Lipinski definition) is 0. The average Bonchev–Trinajstić information content (AvgIpc) is 3.46. The first-order chi connectivity index (χ1) is 19.6. The highest BCUT2D eigenvalue weighted by Gasteiger charge is 2.33. The number of amides is 1. The Morgan fingerprint density at radius 2 is 1.40 bits per heavy atom. The van der Waals surface area contributed by atoms with Crippen molar-refractivity contribution in [3.63, 3.8) is 0 Å². The smallest absolute Gasteiger partial charge is 0.336 e. The number of nitrogens with zero attached hydrogens (tertiary/aromatic N) is 2. The Hall–Kier alpha value is -5.23. The zero-order valence-corrected chi connectivity index (χ0v) is 22.0. The molecule has 0 aliphatic carbocycles. The molecule has 40 heavy (non-hydrogen) atoms. The topological polar surface area (TPSA) is 68.2 Å². The summed E-state index contributed by atoms with van der Waals surface area (Å²) in [6, 6.07) is 33.8. The highest BCUT2D eigenvalue weighted by atomic mass is 16.5. The Balaban J connectivity index is 1.45. The average molecular weight is 529 g/mol. The number of hydrazone groups is 1. The standard InChI is InChI=1S/C34H28N2O4/c1-39-28-19-20-29(32(23-28)40-34(38)22-18-26-13-7-3-8-14-26)30-24-31(27-15-9-4-10-16-27)36(35-30)33(37)21-17-25-11-5-2-6-12-25/h2-23,31H,24H2,1H3/b21-17+,22-18+/t31-/m1/s1. The maximum Gasteiger partial charge on any atom is 0.336 e. The van der Waals surface area contributed by atoms with Gasteiger partial charge in [0.15, 0.2) is 0 Å². The van der Waals surface area contributed by atoms with Gasteiger partial charge in [-0.25, -0.2) is 9.80 Å². The van der Waals surface area contributed by atoms with Gasteiger partial charge < -0.3 is 9.47 Å². The summed E-state index contributed by atoms with van der Waals surface area (Å²) in [4.78, 5) is 26.1. The Bertz CT molecular complexity index is 1560. The lowest BCUT2D eigenvalue weighted by molar-refractivity contribution is -0.129. The van der Waals surface area contributed by atoms with E-state index in [-0.39, 0.29) is 11.9 Å². The van der Waals surface area contributed by atoms with Crippen LogP contribution in [0.5, 0.6) is 11.5 Å². The fraction of sp³-hybridized carbons (Fsp3) is 0.0882. The van der Waals surface area contributed by atoms with Crippen LogP contribution in [0, 0.1) is 0 Å². The molecule has 0 saturated heterocycles. The molecule has 6 heteroatoms. The molecule has 4 aromatic carbocycles. The van der Waals surface area contributed by atoms with E-state index in [9.17, 15) is 9.59 Å². The molecule has 0 aromatic heterocycles. The minimum Gasteiger partial charge on any atom is -0.497 e. The second-order valence-corrected chi connectivity index (χ2v) is 9.13. The van der Waals surface area contributed by atoms with E-state index in [0.29, 0.717) is 29.2 Å². The molecule has 6 nitrogen and oxygen atoms in total. The summed E-state index contributed by atoms with van der Waals surface area (Å²) in [5.41, 5.74) is 4.01. The van der Waals surface area contributed by atoms with Crippen LogP contribution in [0.1, 0.15) is 34.7 Å². The fourth-order valence-electron chi connectivity index (χ4n) is 4.44. The van der Waals surface area contributed by atoms with Gasteiger partial charge in [-0.1, -0.05) is 91.0 Å². The Labute approximate surface area is 233 Å². The summed E-state index contributed by atoms with van der Waals surface area (Å²) >= 11 is 0. The quantitative estimate of drug-likeness (QED) is 0.145. The maximum absolute atomic E-state index is 13.4. The molecule has 4 aromatic rings. The van der Waals surface area contributed by atoms with Crippen LogP contribution in [-0.2, 0) is 9.59 Å². The van der Waals surface area contributed by atoms with Gasteiger partial charge in [0.2, 0.25) is 0 Å². The zero-order chi connectivity index (χ0) is 27.7. The van der Waals surface area contributed by atoms with Crippen molar-refractivity contribution in [1.82, 2.24) is 5.01 Å². The van der Waals surface area contributed by atoms with E-state index >= 15 is 0 Å². The summed E-state index contributed by atoms with van der Waals surface area (Å²) < 4.78 is 11.1. The van der Waals surface area contributed by atoms with Crippen LogP contribution in [0.3, 0.4) is 0 Å². The molecule has 198 valence electrons. The fourth-order valence-corrected chi connectivity index (χ4v) is 4.44. The number of carbonyl (C=O) groups excluding carboxylic acids is 2. The molecule has 0 radical (unpaired) electrons. The van der Waals surface area contributed by atoms with Crippen LogP contribution in [-0.4, -0.2) is 29.7 Å². The van der Waals surface area contributed by atoms with Crippen molar-refractivity contribution in [2.45, 2.75) is 12.5 Å². The van der Waals surface area contributed by atoms with Crippen LogP contribution in [0.15, 0.2) is 126 Å². The number of hydrogen-bond acceptors (Lipinski definition) is 5. The molecule has 0 saturated carbocycles. The van der Waals surface area contributed by atoms with Crippen LogP contribution in [0.4, 0.5) is 0 Å². The highest BCUT2D eigenvalue weighted by molar-refractivity contribution is 6.07. The minimum atomic E-state index is -0.532. The van der Waals surface area contributed by atoms with E-state index in [0.717, 1.165) is 16.7 Å². The summed E-state index contributed by atoms with van der Waals surface area (Å²) in [5.74, 6) is 0.0677. The number of esters is 1. The first-order valence-electron chi connectivity index (χ1n) is 12.9. The third kappa shape index (κ3) is 6.42. The predicted molar refractivity (Wildman–Crippen MR) is 157 cm³/mol. The monoisotopic (exact) mass is 528 g/mol. The van der Waals surface area contributed by atoms with Gasteiger partial charge in [-0.2, -0.15) is 5.10 Å². The number of methoxy groups -OCH3 is 1. The van der Waals surface area contributed by atoms with Gasteiger partial charge >= 0.3 is 5.97 Å². The number of carbonyl (C=O) groups is 2. The number of benzene rings is 4. The predicted octanol–water partition coefficient (Wildman–Crippen LogP) is 6.71. The van der Waals surface area contributed by atoms with Crippen molar-refractivity contribution in [1.29, 1.82) is 0 Å². The molecule has 1 aliphatic rings. The zero-order valence-electron chi connectivity index (χ0n) is 22.0. The van der Waals surface area contributed by atoms with Gasteiger partial charge in [0, 0.05) is 30.2 Å². The van der Waals surface area contributed by atoms with Crippen molar-refractivity contribution in [3.05, 3.63) is 144 Å². The van der Waals surface area contributed by atoms with Gasteiger partial charge in [-0.05, 0) is 41.0 Å². The molecule has 0 spiro atoms. The van der Waals surface area contributed by atoms with Crippen molar-refractivity contribution >= 4 is 29.7 Å². The lowest BCUT2D eigenvalue weighted by Gasteiger charge is -2.20. The molecule has 1 aliphatic heterocycles. The molecule has 0 N–H and O–H groups in total. The van der Waals surface area contributed by atoms with E-state index in [2.05, 4.69) is 0 Å². The van der Waals surface area contributed by atoms with Crippen molar-refractivity contribution in [2.75, 3.05) is 7.11 Å². The minimum absolute atomic E-state index is 0.245. The summed E-state index contributed by atoms with van der Waals surface area (Å²) in [6.07, 6.45) is 6.83. The van der Waals surface area contributed by atoms with Gasteiger partial charge in [-0.15, -0.1) is 0 Å². The molecule has 1 atom stereocenters. The lowest BCUT2D eigenvalue weighted by atomic mass is 9.98. The van der Waals surface area contributed by atoms with Crippen LogP contribution in [0.25, 0.3) is 12.2 Å². The lowest BCUT2D eigenvalue weighted by Crippen LogP contribution is -2.25. The van der Waals surface area contributed by atoms with Crippen LogP contribution >= 0.6 is 0 Å². The molecular formula is C34H28N2O4. The first-order valence-corrected chi connectivity index (χ1v) is 12.9. The van der Waals surface area contributed by atoms with Gasteiger partial charge in [0.1, 0.15) is 11.5 Å². The van der Waals surface area contributed by atoms with E-state index < -0.39 is 5.97 Å². The molecule has 0 fully saturated rings. The summed E-state index contributed by atoms with van der Waals surface area (Å²) in [5, 5.41) is 6.24. The molecule has 1 amide bonds. The Kier molecular flexibility index (Phi) is 8.27. The number of ether oxygens (including phenoxy) is 2. The Morgan fingerprint density at radius 1 is 0.800 bits per heavy atom. The maximum atomic E-state index is 13.4. The Morgan fingerprint density at radius 3 is 2.02 bits per heavy atom. The normalized spacial score (nSPS) is 14.9. The number of rotatable bonds is 8. The van der Waals surface area contributed by atoms with Gasteiger partial charge in [0.25, 0.3) is 5.91 Å². The molecule has 0 bridgehead atoms. The van der Waals surface area contributed by atoms with Crippen molar-refractivity contribution < 1.29 is 19.1 Å². The molecule has 0 unspecified atom stereocenters. The van der Waals surface area contributed by atoms with Crippen molar-refractivity contribution in [2.24, 2.45) is 5.10 Å². The van der Waals surface area contributed by atoms with E-state index in [1.165, 1.54) is 17.2 Å². The molecule has 5 rings (SSSR count). The van der Waals surface area contributed by atoms with Crippen LogP contribution in [0.2, 0.25) is 0 Å². The summed E-state index contributed by atoms with van der Waals surface area (Å²) in [7, 11) is 1.55. The molecular weight excluding hydrogens is 500 g/mol. The highest BCUT2D eigenvalue weighted by Crippen LogP contribution is 2.36. The van der Waals surface area contributed by atoms with Gasteiger partial charge in [0.05, 0.1) is 18.9 Å². The second kappa shape index (κ2) is 12.5. The largest absolute Gasteiger partial charge is 0.497 e. The summed E-state index contributed by atoms with van der Waals surface area (Å²) in [6.45, 7) is 0. The van der Waals surface area contributed by atoms with E-state index in [1.54, 1.807) is 37.5 Å². The van der Waals surface area contributed by atoms with E-state index in [4.69, 9.17) is 14.6 Å². The van der Waals surface area contributed by atoms with Gasteiger partial charge in [-0.3, -0.25) is 4.79 Å². The third-order valence-corrected chi connectivity index (χ3v) is 6.46. The van der Waals surface area contributed by atoms with E-state index in [1.807, 2.05) is 91.0 Å². The van der Waals surface area contributed by atoms with Crippen LogP contribution < -0.4 is 9.47 Å².